The third kappa shape index (κ3) is 5.59. The maximum absolute atomic E-state index is 13.4. The van der Waals surface area contributed by atoms with Crippen molar-refractivity contribution in [2.45, 2.75) is 51.7 Å². The summed E-state index contributed by atoms with van der Waals surface area (Å²) in [5, 5.41) is 3.45. The zero-order valence-electron chi connectivity index (χ0n) is 12.8. The van der Waals surface area contributed by atoms with E-state index in [1.807, 2.05) is 6.07 Å². The van der Waals surface area contributed by atoms with E-state index in [4.69, 9.17) is 4.74 Å². The molecular weight excluding hydrogens is 253 g/mol. The van der Waals surface area contributed by atoms with Crippen molar-refractivity contribution in [2.75, 3.05) is 13.2 Å². The monoisotopic (exact) mass is 279 g/mol. The molecule has 112 valence electrons. The van der Waals surface area contributed by atoms with Crippen LogP contribution in [-0.2, 0) is 4.74 Å². The molecule has 1 atom stereocenters. The molecule has 1 aromatic rings. The predicted molar refractivity (Wildman–Crippen MR) is 80.2 cm³/mol. The van der Waals surface area contributed by atoms with Crippen LogP contribution in [0.3, 0.4) is 0 Å². The molecule has 0 aliphatic heterocycles. The molecule has 0 amide bonds. The molecule has 20 heavy (non-hydrogen) atoms. The minimum absolute atomic E-state index is 0.0332. The maximum Gasteiger partial charge on any atom is 0.123 e. The van der Waals surface area contributed by atoms with Crippen LogP contribution in [0.5, 0.6) is 0 Å². The second kappa shape index (κ2) is 6.68. The predicted octanol–water partition coefficient (Wildman–Crippen LogP) is 4.07. The molecule has 1 N–H and O–H groups in total. The Labute approximate surface area is 121 Å². The molecule has 1 aliphatic rings. The molecule has 1 saturated carbocycles. The molecule has 0 saturated heterocycles. The van der Waals surface area contributed by atoms with Gasteiger partial charge in [0, 0.05) is 18.7 Å². The van der Waals surface area contributed by atoms with E-state index >= 15 is 0 Å². The SMILES string of the molecule is CC(C)(C)NCC(OCCC1CC1)c1cccc(F)c1. The topological polar surface area (TPSA) is 21.3 Å². The Kier molecular flexibility index (Phi) is 5.17. The van der Waals surface area contributed by atoms with Crippen LogP contribution >= 0.6 is 0 Å². The second-order valence-corrected chi connectivity index (χ2v) is 6.78. The maximum atomic E-state index is 13.4. The molecule has 0 radical (unpaired) electrons. The Morgan fingerprint density at radius 2 is 2.10 bits per heavy atom. The van der Waals surface area contributed by atoms with Gasteiger partial charge in [-0.15, -0.1) is 0 Å². The quantitative estimate of drug-likeness (QED) is 0.812. The van der Waals surface area contributed by atoms with Gasteiger partial charge in [0.15, 0.2) is 0 Å². The standard InChI is InChI=1S/C17H26FNO/c1-17(2,3)19-12-16(20-10-9-13-7-8-13)14-5-4-6-15(18)11-14/h4-6,11,13,16,19H,7-10,12H2,1-3H3. The van der Waals surface area contributed by atoms with Crippen LogP contribution in [0.1, 0.15) is 51.7 Å². The summed E-state index contributed by atoms with van der Waals surface area (Å²) in [6.07, 6.45) is 3.73. The van der Waals surface area contributed by atoms with Crippen molar-refractivity contribution < 1.29 is 9.13 Å². The lowest BCUT2D eigenvalue weighted by atomic mass is 10.1. The highest BCUT2D eigenvalue weighted by Gasteiger charge is 2.22. The highest BCUT2D eigenvalue weighted by atomic mass is 19.1. The lowest BCUT2D eigenvalue weighted by Gasteiger charge is -2.26. The van der Waals surface area contributed by atoms with Crippen molar-refractivity contribution in [1.29, 1.82) is 0 Å². The third-order valence-corrected chi connectivity index (χ3v) is 3.58. The molecule has 2 rings (SSSR count). The third-order valence-electron chi connectivity index (χ3n) is 3.58. The van der Waals surface area contributed by atoms with E-state index in [0.29, 0.717) is 6.54 Å². The number of halogens is 1. The van der Waals surface area contributed by atoms with E-state index in [1.54, 1.807) is 12.1 Å². The number of hydrogen-bond donors (Lipinski definition) is 1. The fraction of sp³-hybridized carbons (Fsp3) is 0.647. The van der Waals surface area contributed by atoms with Crippen molar-refractivity contribution >= 4 is 0 Å². The summed E-state index contributed by atoms with van der Waals surface area (Å²) in [7, 11) is 0. The van der Waals surface area contributed by atoms with Crippen LogP contribution in [-0.4, -0.2) is 18.7 Å². The highest BCUT2D eigenvalue weighted by molar-refractivity contribution is 5.19. The molecular formula is C17H26FNO. The average molecular weight is 279 g/mol. The minimum atomic E-state index is -0.200. The van der Waals surface area contributed by atoms with Crippen LogP contribution in [0, 0.1) is 11.7 Å². The van der Waals surface area contributed by atoms with Gasteiger partial charge in [-0.05, 0) is 50.8 Å². The van der Waals surface area contributed by atoms with Gasteiger partial charge in [0.1, 0.15) is 5.82 Å². The van der Waals surface area contributed by atoms with Gasteiger partial charge >= 0.3 is 0 Å². The van der Waals surface area contributed by atoms with Crippen LogP contribution in [0.4, 0.5) is 4.39 Å². The number of rotatable bonds is 7. The van der Waals surface area contributed by atoms with Crippen LogP contribution in [0.2, 0.25) is 0 Å². The van der Waals surface area contributed by atoms with Crippen LogP contribution in [0.15, 0.2) is 24.3 Å². The van der Waals surface area contributed by atoms with E-state index in [1.165, 1.54) is 18.9 Å². The summed E-state index contributed by atoms with van der Waals surface area (Å²) < 4.78 is 19.4. The number of hydrogen-bond acceptors (Lipinski definition) is 2. The van der Waals surface area contributed by atoms with E-state index in [9.17, 15) is 4.39 Å². The van der Waals surface area contributed by atoms with Crippen LogP contribution in [0.25, 0.3) is 0 Å². The second-order valence-electron chi connectivity index (χ2n) is 6.78. The molecule has 1 fully saturated rings. The zero-order valence-corrected chi connectivity index (χ0v) is 12.8. The van der Waals surface area contributed by atoms with Gasteiger partial charge in [0.05, 0.1) is 6.10 Å². The summed E-state index contributed by atoms with van der Waals surface area (Å²) in [6.45, 7) is 7.84. The lowest BCUT2D eigenvalue weighted by molar-refractivity contribution is 0.0443. The highest BCUT2D eigenvalue weighted by Crippen LogP contribution is 2.32. The summed E-state index contributed by atoms with van der Waals surface area (Å²) in [5.41, 5.74) is 0.948. The lowest BCUT2D eigenvalue weighted by Crippen LogP contribution is -2.39. The molecule has 0 spiro atoms. The average Bonchev–Trinajstić information content (AvgIpc) is 3.16. The van der Waals surface area contributed by atoms with Gasteiger partial charge in [-0.3, -0.25) is 0 Å². The van der Waals surface area contributed by atoms with Crippen molar-refractivity contribution in [3.63, 3.8) is 0 Å². The van der Waals surface area contributed by atoms with Gasteiger partial charge < -0.3 is 10.1 Å². The van der Waals surface area contributed by atoms with Gasteiger partial charge in [0.2, 0.25) is 0 Å². The van der Waals surface area contributed by atoms with Crippen molar-refractivity contribution in [3.8, 4) is 0 Å². The molecule has 3 heteroatoms. The van der Waals surface area contributed by atoms with Crippen molar-refractivity contribution in [3.05, 3.63) is 35.6 Å². The van der Waals surface area contributed by atoms with E-state index in [0.717, 1.165) is 24.5 Å². The first kappa shape index (κ1) is 15.5. The largest absolute Gasteiger partial charge is 0.372 e. The normalized spacial score (nSPS) is 17.2. The Bertz CT molecular complexity index is 423. The number of nitrogens with one attached hydrogen (secondary N) is 1. The smallest absolute Gasteiger partial charge is 0.123 e. The first-order chi connectivity index (χ1) is 9.44. The van der Waals surface area contributed by atoms with Crippen molar-refractivity contribution in [2.24, 2.45) is 5.92 Å². The Hall–Kier alpha value is -0.930. The van der Waals surface area contributed by atoms with Gasteiger partial charge in [-0.1, -0.05) is 25.0 Å². The molecule has 0 bridgehead atoms. The van der Waals surface area contributed by atoms with E-state index < -0.39 is 0 Å². The zero-order chi connectivity index (χ0) is 14.6. The fourth-order valence-corrected chi connectivity index (χ4v) is 2.16. The van der Waals surface area contributed by atoms with E-state index in [-0.39, 0.29) is 17.5 Å². The fourth-order valence-electron chi connectivity index (χ4n) is 2.16. The van der Waals surface area contributed by atoms with E-state index in [2.05, 4.69) is 26.1 Å². The summed E-state index contributed by atoms with van der Waals surface area (Å²) in [5.74, 6) is 0.660. The first-order valence-electron chi connectivity index (χ1n) is 7.56. The molecule has 1 aromatic carbocycles. The molecule has 0 heterocycles. The van der Waals surface area contributed by atoms with Crippen LogP contribution < -0.4 is 5.32 Å². The minimum Gasteiger partial charge on any atom is -0.372 e. The Morgan fingerprint density at radius 1 is 1.35 bits per heavy atom. The Balaban J connectivity index is 1.94. The van der Waals surface area contributed by atoms with Gasteiger partial charge in [-0.2, -0.15) is 0 Å². The summed E-state index contributed by atoms with van der Waals surface area (Å²) in [4.78, 5) is 0. The summed E-state index contributed by atoms with van der Waals surface area (Å²) >= 11 is 0. The number of ether oxygens (including phenoxy) is 1. The van der Waals surface area contributed by atoms with Gasteiger partial charge in [0.25, 0.3) is 0 Å². The first-order valence-corrected chi connectivity index (χ1v) is 7.56. The number of benzene rings is 1. The molecule has 2 nitrogen and oxygen atoms in total. The molecule has 0 aromatic heterocycles. The molecule has 1 unspecified atom stereocenters. The van der Waals surface area contributed by atoms with Gasteiger partial charge in [-0.25, -0.2) is 4.39 Å². The molecule has 1 aliphatic carbocycles. The summed E-state index contributed by atoms with van der Waals surface area (Å²) in [6, 6.07) is 6.74. The van der Waals surface area contributed by atoms with Crippen molar-refractivity contribution in [1.82, 2.24) is 5.32 Å². The Morgan fingerprint density at radius 3 is 2.70 bits per heavy atom.